The fourth-order valence-corrected chi connectivity index (χ4v) is 2.77. The average molecular weight is 314 g/mol. The molecule has 8 nitrogen and oxygen atoms in total. The second kappa shape index (κ2) is 5.24. The van der Waals surface area contributed by atoms with Gasteiger partial charge in [0.1, 0.15) is 0 Å². The molecule has 0 unspecified atom stereocenters. The molecule has 0 spiro atoms. The molecule has 0 bridgehead atoms. The number of nitrogens with two attached hydrogens (primary N) is 1. The van der Waals surface area contributed by atoms with Gasteiger partial charge in [-0.05, 0) is 25.1 Å². The summed E-state index contributed by atoms with van der Waals surface area (Å²) in [6, 6.07) is 5.18. The van der Waals surface area contributed by atoms with Gasteiger partial charge in [-0.3, -0.25) is 0 Å². The lowest BCUT2D eigenvalue weighted by Gasteiger charge is -2.06. The summed E-state index contributed by atoms with van der Waals surface area (Å²) in [5.74, 6) is -1.90. The van der Waals surface area contributed by atoms with Crippen molar-refractivity contribution in [1.29, 1.82) is 0 Å². The second-order valence-corrected chi connectivity index (χ2v) is 4.94. The van der Waals surface area contributed by atoms with Crippen LogP contribution in [0.25, 0.3) is 21.8 Å². The van der Waals surface area contributed by atoms with E-state index in [-0.39, 0.29) is 11.4 Å². The number of rotatable bonds is 3. The summed E-state index contributed by atoms with van der Waals surface area (Å²) in [4.78, 5) is 23.5. The van der Waals surface area contributed by atoms with Gasteiger partial charge in [-0.15, -0.1) is 10.2 Å². The van der Waals surface area contributed by atoms with E-state index in [1.54, 1.807) is 22.8 Å². The summed E-state index contributed by atoms with van der Waals surface area (Å²) < 4.78 is 6.51. The molecule has 0 radical (unpaired) electrons. The zero-order valence-corrected chi connectivity index (χ0v) is 12.5. The molecule has 1 aromatic carbocycles. The first kappa shape index (κ1) is 14.8. The highest BCUT2D eigenvalue weighted by Gasteiger charge is 2.25. The zero-order chi connectivity index (χ0) is 16.7. The second-order valence-electron chi connectivity index (χ2n) is 4.94. The van der Waals surface area contributed by atoms with Gasteiger partial charge in [0.25, 0.3) is 0 Å². The Morgan fingerprint density at radius 2 is 2.00 bits per heavy atom. The lowest BCUT2D eigenvalue weighted by atomic mass is 10.1. The molecule has 118 valence electrons. The van der Waals surface area contributed by atoms with Gasteiger partial charge in [-0.2, -0.15) is 0 Å². The molecule has 0 aliphatic rings. The maximum Gasteiger partial charge on any atom is 0.359 e. The molecule has 3 aromatic rings. The largest absolute Gasteiger partial charge is 0.476 e. The van der Waals surface area contributed by atoms with E-state index in [1.165, 1.54) is 7.11 Å². The number of aromatic carboxylic acids is 1. The van der Waals surface area contributed by atoms with E-state index >= 15 is 0 Å². The molecule has 3 rings (SSSR count). The van der Waals surface area contributed by atoms with Crippen LogP contribution in [0.5, 0.6) is 0 Å². The van der Waals surface area contributed by atoms with Crippen LogP contribution in [0.15, 0.2) is 18.2 Å². The molecule has 0 amide bonds. The van der Waals surface area contributed by atoms with Crippen molar-refractivity contribution in [2.45, 2.75) is 13.5 Å². The standard InChI is InChI=1S/C15H14N4O4/c1-3-19-9-5-4-7(16)6-8(9)10-11(15(22)23-2)17-18-12(13(10)19)14(20)21/h4-6H,3,16H2,1-2H3,(H,20,21). The number of esters is 1. The van der Waals surface area contributed by atoms with Crippen molar-refractivity contribution in [3.8, 4) is 0 Å². The van der Waals surface area contributed by atoms with Gasteiger partial charge in [0.15, 0.2) is 11.4 Å². The number of anilines is 1. The molecule has 0 aliphatic carbocycles. The Kier molecular flexibility index (Phi) is 3.36. The fourth-order valence-electron chi connectivity index (χ4n) is 2.77. The number of carbonyl (C=O) groups is 2. The number of fused-ring (bicyclic) bond motifs is 3. The number of methoxy groups -OCH3 is 1. The summed E-state index contributed by atoms with van der Waals surface area (Å²) in [7, 11) is 1.23. The van der Waals surface area contributed by atoms with Gasteiger partial charge in [-0.1, -0.05) is 0 Å². The SMILES string of the molecule is CCn1c2ccc(N)cc2c2c(C(=O)OC)nnc(C(=O)O)c21. The number of hydrogen-bond acceptors (Lipinski definition) is 6. The summed E-state index contributed by atoms with van der Waals surface area (Å²) in [6.07, 6.45) is 0. The van der Waals surface area contributed by atoms with Crippen LogP contribution in [0.3, 0.4) is 0 Å². The number of carboxylic acids is 1. The molecule has 2 heterocycles. The van der Waals surface area contributed by atoms with Crippen LogP contribution in [0.1, 0.15) is 27.9 Å². The van der Waals surface area contributed by atoms with Crippen LogP contribution >= 0.6 is 0 Å². The van der Waals surface area contributed by atoms with Crippen molar-refractivity contribution in [3.63, 3.8) is 0 Å². The maximum absolute atomic E-state index is 12.0. The van der Waals surface area contributed by atoms with E-state index in [0.717, 1.165) is 5.52 Å². The Labute approximate surface area is 130 Å². The molecule has 23 heavy (non-hydrogen) atoms. The Balaban J connectivity index is 2.62. The topological polar surface area (TPSA) is 120 Å². The average Bonchev–Trinajstić information content (AvgIpc) is 2.86. The lowest BCUT2D eigenvalue weighted by molar-refractivity contribution is 0.0592. The predicted molar refractivity (Wildman–Crippen MR) is 83.4 cm³/mol. The van der Waals surface area contributed by atoms with Gasteiger partial charge in [0.05, 0.1) is 12.6 Å². The van der Waals surface area contributed by atoms with Crippen LogP contribution in [0.2, 0.25) is 0 Å². The summed E-state index contributed by atoms with van der Waals surface area (Å²) in [5.41, 5.74) is 7.17. The number of aryl methyl sites for hydroxylation is 1. The molecular weight excluding hydrogens is 300 g/mol. The van der Waals surface area contributed by atoms with Crippen LogP contribution in [-0.4, -0.2) is 38.9 Å². The number of nitrogen functional groups attached to an aromatic ring is 1. The van der Waals surface area contributed by atoms with Gasteiger partial charge < -0.3 is 20.1 Å². The van der Waals surface area contributed by atoms with E-state index in [9.17, 15) is 14.7 Å². The van der Waals surface area contributed by atoms with Crippen molar-refractivity contribution in [2.24, 2.45) is 0 Å². The Morgan fingerprint density at radius 1 is 1.30 bits per heavy atom. The molecule has 0 atom stereocenters. The van der Waals surface area contributed by atoms with Crippen LogP contribution in [0.4, 0.5) is 5.69 Å². The molecule has 0 fully saturated rings. The van der Waals surface area contributed by atoms with E-state index < -0.39 is 11.9 Å². The highest BCUT2D eigenvalue weighted by molar-refractivity contribution is 6.19. The van der Waals surface area contributed by atoms with Gasteiger partial charge >= 0.3 is 11.9 Å². The number of aromatic nitrogens is 3. The first-order valence-corrected chi connectivity index (χ1v) is 6.89. The third-order valence-electron chi connectivity index (χ3n) is 3.70. The predicted octanol–water partition coefficient (Wildman–Crippen LogP) is 1.67. The lowest BCUT2D eigenvalue weighted by Crippen LogP contribution is -2.12. The van der Waals surface area contributed by atoms with Crippen LogP contribution in [-0.2, 0) is 11.3 Å². The van der Waals surface area contributed by atoms with E-state index in [4.69, 9.17) is 10.5 Å². The number of nitrogens with zero attached hydrogens (tertiary/aromatic N) is 3. The number of ether oxygens (including phenoxy) is 1. The molecule has 0 aliphatic heterocycles. The first-order chi connectivity index (χ1) is 11.0. The van der Waals surface area contributed by atoms with Gasteiger partial charge in [0, 0.05) is 28.5 Å². The third-order valence-corrected chi connectivity index (χ3v) is 3.70. The number of carbonyl (C=O) groups excluding carboxylic acids is 1. The van der Waals surface area contributed by atoms with Crippen molar-refractivity contribution >= 4 is 39.4 Å². The molecule has 8 heteroatoms. The number of benzene rings is 1. The van der Waals surface area contributed by atoms with Crippen molar-refractivity contribution in [1.82, 2.24) is 14.8 Å². The Bertz CT molecular complexity index is 961. The highest BCUT2D eigenvalue weighted by atomic mass is 16.5. The van der Waals surface area contributed by atoms with Crippen molar-refractivity contribution < 1.29 is 19.4 Å². The minimum absolute atomic E-state index is 0.0321. The van der Waals surface area contributed by atoms with Crippen molar-refractivity contribution in [2.75, 3.05) is 12.8 Å². The highest BCUT2D eigenvalue weighted by Crippen LogP contribution is 2.33. The summed E-state index contributed by atoms with van der Waals surface area (Å²) in [5, 5.41) is 17.9. The van der Waals surface area contributed by atoms with Crippen LogP contribution < -0.4 is 5.73 Å². The molecular formula is C15H14N4O4. The molecule has 2 aromatic heterocycles. The normalized spacial score (nSPS) is 11.0. The fraction of sp³-hybridized carbons (Fsp3) is 0.200. The third kappa shape index (κ3) is 2.07. The number of carboxylic acid groups (broad SMARTS) is 1. The molecule has 0 saturated carbocycles. The van der Waals surface area contributed by atoms with E-state index in [2.05, 4.69) is 10.2 Å². The maximum atomic E-state index is 12.0. The summed E-state index contributed by atoms with van der Waals surface area (Å²) >= 11 is 0. The van der Waals surface area contributed by atoms with Gasteiger partial charge in [-0.25, -0.2) is 9.59 Å². The minimum atomic E-state index is -1.22. The van der Waals surface area contributed by atoms with E-state index in [1.807, 2.05) is 6.92 Å². The zero-order valence-electron chi connectivity index (χ0n) is 12.5. The quantitative estimate of drug-likeness (QED) is 0.557. The van der Waals surface area contributed by atoms with Crippen molar-refractivity contribution in [3.05, 3.63) is 29.6 Å². The first-order valence-electron chi connectivity index (χ1n) is 6.89. The molecule has 3 N–H and O–H groups in total. The van der Waals surface area contributed by atoms with Gasteiger partial charge in [0.2, 0.25) is 0 Å². The smallest absolute Gasteiger partial charge is 0.359 e. The minimum Gasteiger partial charge on any atom is -0.476 e. The van der Waals surface area contributed by atoms with E-state index in [0.29, 0.717) is 28.5 Å². The Hall–Kier alpha value is -3.16. The van der Waals surface area contributed by atoms with Crippen LogP contribution in [0, 0.1) is 0 Å². The monoisotopic (exact) mass is 314 g/mol. The Morgan fingerprint density at radius 3 is 2.61 bits per heavy atom. The molecule has 0 saturated heterocycles. The number of hydrogen-bond donors (Lipinski definition) is 2. The summed E-state index contributed by atoms with van der Waals surface area (Å²) in [6.45, 7) is 2.37.